The Morgan fingerprint density at radius 3 is 2.45 bits per heavy atom. The Balaban J connectivity index is 1.37. The predicted molar refractivity (Wildman–Crippen MR) is 137 cm³/mol. The highest BCUT2D eigenvalue weighted by Gasteiger charge is 2.30. The van der Waals surface area contributed by atoms with Crippen molar-refractivity contribution < 1.29 is 18.0 Å². The van der Waals surface area contributed by atoms with E-state index in [0.717, 1.165) is 23.1 Å². The molecule has 2 aromatic carbocycles. The van der Waals surface area contributed by atoms with Crippen molar-refractivity contribution in [3.63, 3.8) is 0 Å². The quantitative estimate of drug-likeness (QED) is 0.266. The number of carbonyl (C=O) groups excluding carboxylic acids is 1. The molecule has 3 heterocycles. The Hall–Kier alpha value is -5.00. The molecule has 0 fully saturated rings. The van der Waals surface area contributed by atoms with Gasteiger partial charge in [0.25, 0.3) is 0 Å². The second-order valence-electron chi connectivity index (χ2n) is 8.35. The van der Waals surface area contributed by atoms with Crippen LogP contribution in [0.5, 0.6) is 0 Å². The van der Waals surface area contributed by atoms with E-state index in [1.54, 1.807) is 54.6 Å². The van der Waals surface area contributed by atoms with Gasteiger partial charge in [-0.05, 0) is 42.0 Å². The minimum absolute atomic E-state index is 0.0165. The first-order valence-corrected chi connectivity index (χ1v) is 11.4. The first-order valence-electron chi connectivity index (χ1n) is 11.4. The fraction of sp³-hybridized carbons (Fsp3) is 0.115. The van der Waals surface area contributed by atoms with Crippen molar-refractivity contribution in [1.82, 2.24) is 24.7 Å². The minimum atomic E-state index is -4.51. The van der Waals surface area contributed by atoms with E-state index in [0.29, 0.717) is 35.1 Å². The van der Waals surface area contributed by atoms with Gasteiger partial charge in [0.15, 0.2) is 11.5 Å². The molecule has 38 heavy (non-hydrogen) atoms. The smallest absolute Gasteiger partial charge is 0.365 e. The Morgan fingerprint density at radius 1 is 0.947 bits per heavy atom. The molecule has 12 heteroatoms. The molecule has 2 amide bonds. The topological polar surface area (TPSA) is 110 Å². The van der Waals surface area contributed by atoms with Gasteiger partial charge in [-0.2, -0.15) is 18.3 Å². The number of aryl methyl sites for hydroxylation is 1. The third-order valence-corrected chi connectivity index (χ3v) is 5.60. The molecule has 0 aliphatic carbocycles. The Morgan fingerprint density at radius 2 is 1.71 bits per heavy atom. The van der Waals surface area contributed by atoms with Gasteiger partial charge in [0.1, 0.15) is 5.82 Å². The van der Waals surface area contributed by atoms with Crippen molar-refractivity contribution in [3.05, 3.63) is 90.4 Å². The zero-order valence-electron chi connectivity index (χ0n) is 20.0. The molecule has 9 nitrogen and oxygen atoms in total. The van der Waals surface area contributed by atoms with Crippen molar-refractivity contribution in [2.75, 3.05) is 16.0 Å². The van der Waals surface area contributed by atoms with E-state index in [-0.39, 0.29) is 5.69 Å². The van der Waals surface area contributed by atoms with Crippen LogP contribution in [0.15, 0.2) is 79.3 Å². The summed E-state index contributed by atoms with van der Waals surface area (Å²) in [6.07, 6.45) is 0.631. The molecule has 5 rings (SSSR count). The average Bonchev–Trinajstić information content (AvgIpc) is 3.28. The van der Waals surface area contributed by atoms with Gasteiger partial charge in [-0.3, -0.25) is 9.67 Å². The molecule has 0 aliphatic heterocycles. The van der Waals surface area contributed by atoms with Crippen LogP contribution < -0.4 is 16.0 Å². The van der Waals surface area contributed by atoms with Gasteiger partial charge in [0.2, 0.25) is 0 Å². The van der Waals surface area contributed by atoms with Gasteiger partial charge < -0.3 is 16.0 Å². The van der Waals surface area contributed by atoms with E-state index in [9.17, 15) is 18.0 Å². The predicted octanol–water partition coefficient (Wildman–Crippen LogP) is 5.70. The standard InChI is InChI=1S/C26H21F3N8O/c1-37-24-21(15-32-37)23(31-14-16-5-4-10-30-13-16)35-22(36-24)17-6-2-8-19(11-17)33-25(38)34-20-9-3-7-18(12-20)26(27,28)29/h2-13,15H,14H2,1H3,(H,31,35,36)(H2,33,34,38). The third kappa shape index (κ3) is 5.53. The lowest BCUT2D eigenvalue weighted by atomic mass is 10.2. The van der Waals surface area contributed by atoms with E-state index >= 15 is 0 Å². The molecule has 192 valence electrons. The van der Waals surface area contributed by atoms with Gasteiger partial charge in [-0.1, -0.05) is 24.3 Å². The lowest BCUT2D eigenvalue weighted by molar-refractivity contribution is -0.137. The summed E-state index contributed by atoms with van der Waals surface area (Å²) in [7, 11) is 1.78. The third-order valence-electron chi connectivity index (χ3n) is 5.60. The van der Waals surface area contributed by atoms with Crippen LogP contribution in [-0.2, 0) is 19.8 Å². The lowest BCUT2D eigenvalue weighted by Gasteiger charge is -2.12. The maximum atomic E-state index is 13.0. The number of nitrogens with zero attached hydrogens (tertiary/aromatic N) is 5. The number of amides is 2. The number of pyridine rings is 1. The molecule has 0 radical (unpaired) electrons. The van der Waals surface area contributed by atoms with E-state index in [1.807, 2.05) is 12.1 Å². The Labute approximate surface area is 214 Å². The Kier molecular flexibility index (Phi) is 6.60. The van der Waals surface area contributed by atoms with Crippen LogP contribution in [0, 0.1) is 0 Å². The van der Waals surface area contributed by atoms with Gasteiger partial charge in [-0.15, -0.1) is 0 Å². The van der Waals surface area contributed by atoms with E-state index in [4.69, 9.17) is 0 Å². The van der Waals surface area contributed by atoms with Crippen molar-refractivity contribution in [2.45, 2.75) is 12.7 Å². The normalized spacial score (nSPS) is 11.4. The number of halogens is 3. The van der Waals surface area contributed by atoms with E-state index < -0.39 is 17.8 Å². The van der Waals surface area contributed by atoms with Crippen LogP contribution in [0.2, 0.25) is 0 Å². The zero-order valence-corrected chi connectivity index (χ0v) is 20.0. The van der Waals surface area contributed by atoms with Crippen LogP contribution in [-0.4, -0.2) is 30.8 Å². The summed E-state index contributed by atoms with van der Waals surface area (Å²) in [5.74, 6) is 0.985. The second-order valence-corrected chi connectivity index (χ2v) is 8.35. The summed E-state index contributed by atoms with van der Waals surface area (Å²) in [5, 5.41) is 13.4. The maximum absolute atomic E-state index is 13.0. The summed E-state index contributed by atoms with van der Waals surface area (Å²) in [5.41, 5.74) is 1.78. The number of hydrogen-bond donors (Lipinski definition) is 3. The highest BCUT2D eigenvalue weighted by molar-refractivity contribution is 6.00. The van der Waals surface area contributed by atoms with Gasteiger partial charge in [-0.25, -0.2) is 14.8 Å². The molecule has 0 spiro atoms. The summed E-state index contributed by atoms with van der Waals surface area (Å²) in [6, 6.07) is 14.3. The zero-order chi connectivity index (χ0) is 26.7. The number of benzene rings is 2. The number of urea groups is 1. The van der Waals surface area contributed by atoms with Gasteiger partial charge in [0, 0.05) is 42.9 Å². The molecule has 0 aliphatic rings. The number of rotatable bonds is 6. The van der Waals surface area contributed by atoms with Gasteiger partial charge >= 0.3 is 12.2 Å². The van der Waals surface area contributed by atoms with E-state index in [1.165, 1.54) is 12.1 Å². The first-order chi connectivity index (χ1) is 18.3. The summed E-state index contributed by atoms with van der Waals surface area (Å²) < 4.78 is 40.5. The van der Waals surface area contributed by atoms with Crippen molar-refractivity contribution >= 4 is 34.3 Å². The van der Waals surface area contributed by atoms with Crippen LogP contribution in [0.25, 0.3) is 22.4 Å². The molecule has 3 aromatic heterocycles. The second kappa shape index (κ2) is 10.2. The van der Waals surface area contributed by atoms with Crippen molar-refractivity contribution in [3.8, 4) is 11.4 Å². The molecule has 3 N–H and O–H groups in total. The van der Waals surface area contributed by atoms with Crippen molar-refractivity contribution in [2.24, 2.45) is 7.05 Å². The van der Waals surface area contributed by atoms with E-state index in [2.05, 4.69) is 36.0 Å². The van der Waals surface area contributed by atoms with Crippen LogP contribution in [0.4, 0.5) is 35.2 Å². The number of hydrogen-bond acceptors (Lipinski definition) is 6. The molecular formula is C26H21F3N8O. The number of anilines is 3. The minimum Gasteiger partial charge on any atom is -0.365 e. The number of aromatic nitrogens is 5. The fourth-order valence-corrected chi connectivity index (χ4v) is 3.78. The maximum Gasteiger partial charge on any atom is 0.416 e. The molecular weight excluding hydrogens is 497 g/mol. The fourth-order valence-electron chi connectivity index (χ4n) is 3.78. The monoisotopic (exact) mass is 518 g/mol. The number of fused-ring (bicyclic) bond motifs is 1. The summed E-state index contributed by atoms with van der Waals surface area (Å²) in [4.78, 5) is 25.9. The molecule has 5 aromatic rings. The molecule has 0 saturated heterocycles. The van der Waals surface area contributed by atoms with Crippen LogP contribution >= 0.6 is 0 Å². The number of carbonyl (C=O) groups is 1. The lowest BCUT2D eigenvalue weighted by Crippen LogP contribution is -2.19. The molecule has 0 bridgehead atoms. The SMILES string of the molecule is Cn1ncc2c(NCc3cccnc3)nc(-c3cccc(NC(=O)Nc4cccc(C(F)(F)F)c4)c3)nc21. The average molecular weight is 519 g/mol. The highest BCUT2D eigenvalue weighted by atomic mass is 19.4. The molecule has 0 unspecified atom stereocenters. The van der Waals surface area contributed by atoms with Crippen LogP contribution in [0.1, 0.15) is 11.1 Å². The summed E-state index contributed by atoms with van der Waals surface area (Å²) in [6.45, 7) is 0.492. The van der Waals surface area contributed by atoms with Gasteiger partial charge in [0.05, 0.1) is 17.1 Å². The largest absolute Gasteiger partial charge is 0.416 e. The number of nitrogens with one attached hydrogen (secondary N) is 3. The Bertz CT molecular complexity index is 1600. The molecule has 0 saturated carbocycles. The van der Waals surface area contributed by atoms with Crippen LogP contribution in [0.3, 0.4) is 0 Å². The van der Waals surface area contributed by atoms with Crippen molar-refractivity contribution in [1.29, 1.82) is 0 Å². The highest BCUT2D eigenvalue weighted by Crippen LogP contribution is 2.31. The number of alkyl halides is 3. The summed E-state index contributed by atoms with van der Waals surface area (Å²) >= 11 is 0. The first kappa shape index (κ1) is 24.7. The molecule has 0 atom stereocenters.